The third kappa shape index (κ3) is 4.17. The van der Waals surface area contributed by atoms with Crippen LogP contribution in [0.3, 0.4) is 0 Å². The lowest BCUT2D eigenvalue weighted by Crippen LogP contribution is -2.36. The summed E-state index contributed by atoms with van der Waals surface area (Å²) in [6, 6.07) is 9.66. The van der Waals surface area contributed by atoms with Crippen LogP contribution in [0.1, 0.15) is 18.4 Å². The number of benzene rings is 1. The number of amides is 1. The van der Waals surface area contributed by atoms with Crippen molar-refractivity contribution in [2.75, 3.05) is 31.2 Å². The smallest absolute Gasteiger partial charge is 0.246 e. The van der Waals surface area contributed by atoms with E-state index in [1.165, 1.54) is 0 Å². The zero-order valence-corrected chi connectivity index (χ0v) is 15.8. The maximum absolute atomic E-state index is 12.2. The van der Waals surface area contributed by atoms with Crippen molar-refractivity contribution in [3.05, 3.63) is 47.2 Å². The lowest BCUT2D eigenvalue weighted by atomic mass is 10.2. The molecule has 1 N–H and O–H groups in total. The number of aromatic nitrogens is 1. The first kappa shape index (κ1) is 17.7. The van der Waals surface area contributed by atoms with E-state index in [1.807, 2.05) is 35.7 Å². The molecule has 1 aliphatic rings. The van der Waals surface area contributed by atoms with Crippen molar-refractivity contribution in [2.45, 2.75) is 13.3 Å². The molecule has 1 amide bonds. The standard InChI is InChI=1S/C19H20N4O3S/c1-13(17-10-14-4-2-3-5-16(14)26-17)21-22-18(24)11-15-12-27-19(20-15)23-6-8-25-9-7-23/h2-5,10,12H,6-9,11H2,1H3,(H,22,24)/b21-13-. The van der Waals surface area contributed by atoms with Gasteiger partial charge < -0.3 is 14.1 Å². The molecule has 0 unspecified atom stereocenters. The minimum absolute atomic E-state index is 0.192. The number of ether oxygens (including phenoxy) is 1. The van der Waals surface area contributed by atoms with Gasteiger partial charge in [-0.15, -0.1) is 11.3 Å². The van der Waals surface area contributed by atoms with Crippen LogP contribution < -0.4 is 10.3 Å². The Hall–Kier alpha value is -2.71. The Morgan fingerprint density at radius 1 is 1.33 bits per heavy atom. The summed E-state index contributed by atoms with van der Waals surface area (Å²) in [7, 11) is 0. The van der Waals surface area contributed by atoms with Crippen LogP contribution >= 0.6 is 11.3 Å². The van der Waals surface area contributed by atoms with E-state index in [9.17, 15) is 4.79 Å². The van der Waals surface area contributed by atoms with Gasteiger partial charge in [-0.2, -0.15) is 5.10 Å². The summed E-state index contributed by atoms with van der Waals surface area (Å²) in [4.78, 5) is 18.9. The van der Waals surface area contributed by atoms with Gasteiger partial charge in [0.05, 0.1) is 25.3 Å². The van der Waals surface area contributed by atoms with Gasteiger partial charge in [0, 0.05) is 23.9 Å². The van der Waals surface area contributed by atoms with Crippen LogP contribution in [0.5, 0.6) is 0 Å². The van der Waals surface area contributed by atoms with Gasteiger partial charge in [-0.1, -0.05) is 18.2 Å². The fourth-order valence-electron chi connectivity index (χ4n) is 2.84. The highest BCUT2D eigenvalue weighted by molar-refractivity contribution is 7.13. The number of rotatable bonds is 5. The first-order chi connectivity index (χ1) is 13.2. The zero-order valence-electron chi connectivity index (χ0n) is 15.0. The van der Waals surface area contributed by atoms with Crippen molar-refractivity contribution in [1.29, 1.82) is 0 Å². The number of anilines is 1. The molecule has 0 aliphatic carbocycles. The first-order valence-electron chi connectivity index (χ1n) is 8.78. The summed E-state index contributed by atoms with van der Waals surface area (Å²) < 4.78 is 11.1. The molecule has 8 heteroatoms. The lowest BCUT2D eigenvalue weighted by molar-refractivity contribution is -0.120. The normalized spacial score (nSPS) is 15.3. The maximum atomic E-state index is 12.2. The zero-order chi connectivity index (χ0) is 18.6. The lowest BCUT2D eigenvalue weighted by Gasteiger charge is -2.26. The number of hydrazone groups is 1. The monoisotopic (exact) mass is 384 g/mol. The Balaban J connectivity index is 1.36. The number of carbonyl (C=O) groups is 1. The second-order valence-corrected chi connectivity index (χ2v) is 7.11. The molecular weight excluding hydrogens is 364 g/mol. The highest BCUT2D eigenvalue weighted by atomic mass is 32.1. The van der Waals surface area contributed by atoms with Gasteiger partial charge in [-0.05, 0) is 19.1 Å². The minimum Gasteiger partial charge on any atom is -0.455 e. The van der Waals surface area contributed by atoms with Gasteiger partial charge in [0.1, 0.15) is 11.3 Å². The number of thiazole rings is 1. The highest BCUT2D eigenvalue weighted by Crippen LogP contribution is 2.22. The molecule has 0 saturated carbocycles. The Kier molecular flexibility index (Phi) is 5.17. The second kappa shape index (κ2) is 7.89. The molecule has 2 aromatic heterocycles. The highest BCUT2D eigenvalue weighted by Gasteiger charge is 2.16. The molecule has 3 heterocycles. The molecule has 1 aromatic carbocycles. The van der Waals surface area contributed by atoms with Crippen molar-refractivity contribution in [3.63, 3.8) is 0 Å². The van der Waals surface area contributed by atoms with E-state index < -0.39 is 0 Å². The van der Waals surface area contributed by atoms with Crippen molar-refractivity contribution in [1.82, 2.24) is 10.4 Å². The van der Waals surface area contributed by atoms with Crippen molar-refractivity contribution in [2.24, 2.45) is 5.10 Å². The largest absolute Gasteiger partial charge is 0.455 e. The predicted molar refractivity (Wildman–Crippen MR) is 105 cm³/mol. The Bertz CT molecular complexity index is 939. The number of nitrogens with zero attached hydrogens (tertiary/aromatic N) is 3. The molecular formula is C19H20N4O3S. The minimum atomic E-state index is -0.204. The van der Waals surface area contributed by atoms with Gasteiger partial charge in [-0.25, -0.2) is 10.4 Å². The maximum Gasteiger partial charge on any atom is 0.246 e. The van der Waals surface area contributed by atoms with Crippen LogP contribution in [0.15, 0.2) is 45.2 Å². The molecule has 1 aliphatic heterocycles. The molecule has 1 fully saturated rings. The van der Waals surface area contributed by atoms with Crippen molar-refractivity contribution >= 4 is 39.1 Å². The summed E-state index contributed by atoms with van der Waals surface area (Å²) in [5, 5.41) is 8.01. The summed E-state index contributed by atoms with van der Waals surface area (Å²) in [5.41, 5.74) is 4.74. The number of fused-ring (bicyclic) bond motifs is 1. The third-order valence-electron chi connectivity index (χ3n) is 4.29. The van der Waals surface area contributed by atoms with Crippen molar-refractivity contribution < 1.29 is 13.9 Å². The quantitative estimate of drug-likeness (QED) is 0.540. The molecule has 0 radical (unpaired) electrons. The van der Waals surface area contributed by atoms with E-state index in [2.05, 4.69) is 20.4 Å². The summed E-state index contributed by atoms with van der Waals surface area (Å²) >= 11 is 1.55. The number of furan rings is 1. The van der Waals surface area contributed by atoms with Gasteiger partial charge >= 0.3 is 0 Å². The third-order valence-corrected chi connectivity index (χ3v) is 5.24. The SMILES string of the molecule is C/C(=N/NC(=O)Cc1csc(N2CCOCC2)n1)c1cc2ccccc2o1. The predicted octanol–water partition coefficient (Wildman–Crippen LogP) is 2.81. The number of carbonyl (C=O) groups excluding carboxylic acids is 1. The van der Waals surface area contributed by atoms with E-state index in [-0.39, 0.29) is 12.3 Å². The average molecular weight is 384 g/mol. The van der Waals surface area contributed by atoms with E-state index >= 15 is 0 Å². The van der Waals surface area contributed by atoms with Crippen LogP contribution in [-0.4, -0.2) is 42.9 Å². The number of hydrogen-bond donors (Lipinski definition) is 1. The van der Waals surface area contributed by atoms with Crippen LogP contribution in [0.2, 0.25) is 0 Å². The van der Waals surface area contributed by atoms with Crippen LogP contribution in [0.25, 0.3) is 11.0 Å². The van der Waals surface area contributed by atoms with Gasteiger partial charge in [0.25, 0.3) is 0 Å². The Morgan fingerprint density at radius 3 is 2.96 bits per heavy atom. The van der Waals surface area contributed by atoms with Crippen LogP contribution in [0.4, 0.5) is 5.13 Å². The first-order valence-corrected chi connectivity index (χ1v) is 9.66. The van der Waals surface area contributed by atoms with Gasteiger partial charge in [0.2, 0.25) is 5.91 Å². The molecule has 0 spiro atoms. The molecule has 1 saturated heterocycles. The van der Waals surface area contributed by atoms with Gasteiger partial charge in [-0.3, -0.25) is 4.79 Å². The number of para-hydroxylation sites is 1. The topological polar surface area (TPSA) is 80.0 Å². The molecule has 3 aromatic rings. The molecule has 27 heavy (non-hydrogen) atoms. The second-order valence-electron chi connectivity index (χ2n) is 6.28. The average Bonchev–Trinajstić information content (AvgIpc) is 3.33. The molecule has 4 rings (SSSR count). The fourth-order valence-corrected chi connectivity index (χ4v) is 3.72. The molecule has 0 bridgehead atoms. The van der Waals surface area contributed by atoms with E-state index in [0.29, 0.717) is 24.7 Å². The van der Waals surface area contributed by atoms with E-state index in [1.54, 1.807) is 18.3 Å². The van der Waals surface area contributed by atoms with Crippen LogP contribution in [0, 0.1) is 0 Å². The molecule has 7 nitrogen and oxygen atoms in total. The molecule has 0 atom stereocenters. The summed E-state index contributed by atoms with van der Waals surface area (Å²) in [6.45, 7) is 4.90. The number of hydrogen-bond acceptors (Lipinski definition) is 7. The van der Waals surface area contributed by atoms with Crippen molar-refractivity contribution in [3.8, 4) is 0 Å². The van der Waals surface area contributed by atoms with E-state index in [0.717, 1.165) is 34.9 Å². The summed E-state index contributed by atoms with van der Waals surface area (Å²) in [5.74, 6) is 0.434. The van der Waals surface area contributed by atoms with E-state index in [4.69, 9.17) is 9.15 Å². The Morgan fingerprint density at radius 2 is 2.15 bits per heavy atom. The Labute approximate surface area is 160 Å². The summed E-state index contributed by atoms with van der Waals surface area (Å²) in [6.07, 6.45) is 0.192. The van der Waals surface area contributed by atoms with Gasteiger partial charge in [0.15, 0.2) is 10.9 Å². The van der Waals surface area contributed by atoms with Crippen LogP contribution in [-0.2, 0) is 16.0 Å². The number of morpholine rings is 1. The number of nitrogens with one attached hydrogen (secondary N) is 1. The fraction of sp³-hybridized carbons (Fsp3) is 0.316. The molecule has 140 valence electrons.